The lowest BCUT2D eigenvalue weighted by Gasteiger charge is -2.17. The number of nitrogens with one attached hydrogen (secondary N) is 1. The van der Waals surface area contributed by atoms with Crippen LogP contribution in [-0.2, 0) is 6.54 Å². The average molecular weight is 478 g/mol. The zero-order valence-electron chi connectivity index (χ0n) is 11.8. The number of halogens is 3. The Morgan fingerprint density at radius 3 is 2.24 bits per heavy atom. The molecule has 1 unspecified atom stereocenters. The van der Waals surface area contributed by atoms with E-state index in [-0.39, 0.29) is 6.04 Å². The number of hydrogen-bond donors (Lipinski definition) is 1. The van der Waals surface area contributed by atoms with Gasteiger partial charge in [-0.15, -0.1) is 0 Å². The van der Waals surface area contributed by atoms with Gasteiger partial charge in [-0.2, -0.15) is 0 Å². The van der Waals surface area contributed by atoms with Gasteiger partial charge in [0.2, 0.25) is 0 Å². The number of hydrogen-bond acceptors (Lipinski definition) is 2. The van der Waals surface area contributed by atoms with Crippen molar-refractivity contribution in [3.63, 3.8) is 0 Å². The van der Waals surface area contributed by atoms with Crippen LogP contribution in [0.1, 0.15) is 24.1 Å². The maximum atomic E-state index is 5.32. The molecule has 0 saturated heterocycles. The van der Waals surface area contributed by atoms with Crippen LogP contribution in [0, 0.1) is 0 Å². The van der Waals surface area contributed by atoms with E-state index in [1.165, 1.54) is 11.1 Å². The molecular weight excluding hydrogens is 462 g/mol. The van der Waals surface area contributed by atoms with Crippen molar-refractivity contribution in [1.29, 1.82) is 0 Å². The van der Waals surface area contributed by atoms with Gasteiger partial charge in [0, 0.05) is 17.1 Å². The third kappa shape index (κ3) is 4.31. The third-order valence-electron chi connectivity index (χ3n) is 3.25. The summed E-state index contributed by atoms with van der Waals surface area (Å²) in [7, 11) is 1.66. The van der Waals surface area contributed by atoms with Crippen LogP contribution in [0.5, 0.6) is 5.75 Å². The van der Waals surface area contributed by atoms with Crippen molar-refractivity contribution in [3.8, 4) is 5.75 Å². The Morgan fingerprint density at radius 2 is 1.67 bits per heavy atom. The van der Waals surface area contributed by atoms with Gasteiger partial charge in [-0.3, -0.25) is 0 Å². The molecule has 112 valence electrons. The summed E-state index contributed by atoms with van der Waals surface area (Å²) in [4.78, 5) is 0. The molecule has 0 heterocycles. The van der Waals surface area contributed by atoms with Crippen LogP contribution in [0.25, 0.3) is 0 Å². The van der Waals surface area contributed by atoms with Crippen molar-refractivity contribution in [1.82, 2.24) is 5.32 Å². The van der Waals surface area contributed by atoms with Crippen molar-refractivity contribution in [2.45, 2.75) is 19.5 Å². The Bertz CT molecular complexity index is 608. The van der Waals surface area contributed by atoms with Gasteiger partial charge in [0.25, 0.3) is 0 Å². The Morgan fingerprint density at radius 1 is 1.05 bits per heavy atom. The molecule has 2 nitrogen and oxygen atoms in total. The molecule has 0 bridgehead atoms. The standard InChI is InChI=1S/C16H16Br3NO/c1-10(12-5-3-4-6-13(12)17)20-9-11-7-14(18)16(21-2)15(19)8-11/h3-8,10,20H,9H2,1-2H3. The van der Waals surface area contributed by atoms with Gasteiger partial charge in [-0.05, 0) is 68.1 Å². The molecule has 2 aromatic carbocycles. The first-order chi connectivity index (χ1) is 10.0. The highest BCUT2D eigenvalue weighted by Crippen LogP contribution is 2.34. The maximum absolute atomic E-state index is 5.32. The van der Waals surface area contributed by atoms with Crippen LogP contribution in [0.2, 0.25) is 0 Å². The van der Waals surface area contributed by atoms with Gasteiger partial charge < -0.3 is 10.1 Å². The van der Waals surface area contributed by atoms with E-state index >= 15 is 0 Å². The highest BCUT2D eigenvalue weighted by molar-refractivity contribution is 9.11. The topological polar surface area (TPSA) is 21.3 Å². The predicted octanol–water partition coefficient (Wildman–Crippen LogP) is 5.83. The van der Waals surface area contributed by atoms with E-state index < -0.39 is 0 Å². The fourth-order valence-electron chi connectivity index (χ4n) is 2.12. The average Bonchev–Trinajstić information content (AvgIpc) is 2.45. The molecule has 5 heteroatoms. The summed E-state index contributed by atoms with van der Waals surface area (Å²) in [5.74, 6) is 0.817. The highest BCUT2D eigenvalue weighted by atomic mass is 79.9. The smallest absolute Gasteiger partial charge is 0.147 e. The number of rotatable bonds is 5. The molecule has 0 aliphatic rings. The van der Waals surface area contributed by atoms with Crippen molar-refractivity contribution >= 4 is 47.8 Å². The fraction of sp³-hybridized carbons (Fsp3) is 0.250. The summed E-state index contributed by atoms with van der Waals surface area (Å²) in [6.45, 7) is 2.94. The van der Waals surface area contributed by atoms with Gasteiger partial charge in [0.1, 0.15) is 5.75 Å². The van der Waals surface area contributed by atoms with Crippen LogP contribution in [0.15, 0.2) is 49.8 Å². The van der Waals surface area contributed by atoms with Gasteiger partial charge in [0.15, 0.2) is 0 Å². The van der Waals surface area contributed by atoms with Crippen LogP contribution in [0.4, 0.5) is 0 Å². The molecule has 2 aromatic rings. The second kappa shape index (κ2) is 7.77. The SMILES string of the molecule is COc1c(Br)cc(CNC(C)c2ccccc2Br)cc1Br. The van der Waals surface area contributed by atoms with E-state index in [1.807, 2.05) is 6.07 Å². The minimum Gasteiger partial charge on any atom is -0.494 e. The largest absolute Gasteiger partial charge is 0.494 e. The molecule has 0 aliphatic heterocycles. The summed E-state index contributed by atoms with van der Waals surface area (Å²) < 4.78 is 8.35. The van der Waals surface area contributed by atoms with E-state index in [1.54, 1.807) is 7.11 Å². The minimum atomic E-state index is 0.264. The van der Waals surface area contributed by atoms with E-state index in [2.05, 4.69) is 90.4 Å². The van der Waals surface area contributed by atoms with E-state index in [4.69, 9.17) is 4.74 Å². The van der Waals surface area contributed by atoms with Crippen molar-refractivity contribution in [2.75, 3.05) is 7.11 Å². The Kier molecular flexibility index (Phi) is 6.29. The van der Waals surface area contributed by atoms with Crippen LogP contribution in [-0.4, -0.2) is 7.11 Å². The van der Waals surface area contributed by atoms with E-state index in [9.17, 15) is 0 Å². The number of benzene rings is 2. The van der Waals surface area contributed by atoms with Crippen LogP contribution < -0.4 is 10.1 Å². The first-order valence-electron chi connectivity index (χ1n) is 6.52. The molecule has 0 fully saturated rings. The van der Waals surface area contributed by atoms with E-state index in [0.717, 1.165) is 25.7 Å². The zero-order valence-corrected chi connectivity index (χ0v) is 16.5. The molecule has 0 amide bonds. The van der Waals surface area contributed by atoms with Gasteiger partial charge in [-0.1, -0.05) is 34.1 Å². The second-order valence-corrected chi connectivity index (χ2v) is 7.28. The lowest BCUT2D eigenvalue weighted by atomic mass is 10.1. The third-order valence-corrected chi connectivity index (χ3v) is 5.15. The first kappa shape index (κ1) is 17.0. The fourth-order valence-corrected chi connectivity index (χ4v) is 4.35. The molecule has 1 atom stereocenters. The van der Waals surface area contributed by atoms with Crippen molar-refractivity contribution < 1.29 is 4.74 Å². The molecule has 0 aliphatic carbocycles. The molecule has 1 N–H and O–H groups in total. The highest BCUT2D eigenvalue weighted by Gasteiger charge is 2.11. The summed E-state index contributed by atoms with van der Waals surface area (Å²) in [5.41, 5.74) is 2.44. The van der Waals surface area contributed by atoms with Crippen LogP contribution in [0.3, 0.4) is 0 Å². The Balaban J connectivity index is 2.08. The van der Waals surface area contributed by atoms with Gasteiger partial charge >= 0.3 is 0 Å². The monoisotopic (exact) mass is 475 g/mol. The first-order valence-corrected chi connectivity index (χ1v) is 8.90. The molecular formula is C16H16Br3NO. The summed E-state index contributed by atoms with van der Waals surface area (Å²) in [5, 5.41) is 3.54. The summed E-state index contributed by atoms with van der Waals surface area (Å²) in [6.07, 6.45) is 0. The molecule has 0 spiro atoms. The van der Waals surface area contributed by atoms with Crippen molar-refractivity contribution in [3.05, 3.63) is 60.9 Å². The molecule has 0 saturated carbocycles. The molecule has 0 radical (unpaired) electrons. The summed E-state index contributed by atoms with van der Waals surface area (Å²) in [6, 6.07) is 12.7. The normalized spacial score (nSPS) is 12.2. The van der Waals surface area contributed by atoms with Crippen molar-refractivity contribution in [2.24, 2.45) is 0 Å². The predicted molar refractivity (Wildman–Crippen MR) is 97.8 cm³/mol. The van der Waals surface area contributed by atoms with Gasteiger partial charge in [0.05, 0.1) is 16.1 Å². The second-order valence-electron chi connectivity index (χ2n) is 4.72. The number of methoxy groups -OCH3 is 1. The molecule has 2 rings (SSSR count). The quantitative estimate of drug-likeness (QED) is 0.584. The number of ether oxygens (including phenoxy) is 1. The minimum absolute atomic E-state index is 0.264. The lowest BCUT2D eigenvalue weighted by molar-refractivity contribution is 0.409. The zero-order chi connectivity index (χ0) is 15.4. The van der Waals surface area contributed by atoms with E-state index in [0.29, 0.717) is 0 Å². The lowest BCUT2D eigenvalue weighted by Crippen LogP contribution is -2.18. The maximum Gasteiger partial charge on any atom is 0.147 e. The Labute approximate surface area is 150 Å². The van der Waals surface area contributed by atoms with Gasteiger partial charge in [-0.25, -0.2) is 0 Å². The molecule has 21 heavy (non-hydrogen) atoms. The van der Waals surface area contributed by atoms with Crippen LogP contribution >= 0.6 is 47.8 Å². The Hall–Kier alpha value is -0.360. The molecule has 0 aromatic heterocycles. The summed E-state index contributed by atoms with van der Waals surface area (Å²) >= 11 is 10.7.